The zero-order valence-corrected chi connectivity index (χ0v) is 11.0. The lowest BCUT2D eigenvalue weighted by atomic mass is 10.3. The summed E-state index contributed by atoms with van der Waals surface area (Å²) in [5.74, 6) is -0.0162. The van der Waals surface area contributed by atoms with Gasteiger partial charge in [0.25, 0.3) is 5.56 Å². The summed E-state index contributed by atoms with van der Waals surface area (Å²) >= 11 is 0. The lowest BCUT2D eigenvalue weighted by Gasteiger charge is -2.10. The number of likely N-dealkylation sites (N-methyl/N-ethyl adjacent to an activating group) is 1. The number of rotatable bonds is 4. The first-order chi connectivity index (χ1) is 9.08. The maximum atomic E-state index is 11.8. The molecule has 0 aliphatic heterocycles. The van der Waals surface area contributed by atoms with Crippen molar-refractivity contribution in [3.63, 3.8) is 0 Å². The first-order valence-corrected chi connectivity index (χ1v) is 5.96. The molecule has 0 unspecified atom stereocenters. The molecule has 100 valence electrons. The first kappa shape index (κ1) is 13.2. The van der Waals surface area contributed by atoms with Gasteiger partial charge in [-0.2, -0.15) is 0 Å². The highest BCUT2D eigenvalue weighted by atomic mass is 16.2. The summed E-state index contributed by atoms with van der Waals surface area (Å²) in [5, 5.41) is 2.97. The molecule has 0 saturated heterocycles. The molecule has 2 aromatic heterocycles. The molecule has 2 heterocycles. The minimum Gasteiger partial charge on any atom is -0.348 e. The van der Waals surface area contributed by atoms with Gasteiger partial charge in [-0.25, -0.2) is 4.98 Å². The third-order valence-electron chi connectivity index (χ3n) is 2.71. The van der Waals surface area contributed by atoms with Gasteiger partial charge >= 0.3 is 0 Å². The second-order valence-electron chi connectivity index (χ2n) is 4.41. The van der Waals surface area contributed by atoms with Crippen LogP contribution in [0.1, 0.15) is 5.69 Å². The summed E-state index contributed by atoms with van der Waals surface area (Å²) in [6.07, 6.45) is 1.68. The van der Waals surface area contributed by atoms with Crippen molar-refractivity contribution in [1.29, 1.82) is 0 Å². The minimum absolute atomic E-state index is 0.0162. The summed E-state index contributed by atoms with van der Waals surface area (Å²) in [7, 11) is 3.40. The van der Waals surface area contributed by atoms with Gasteiger partial charge in [0.15, 0.2) is 0 Å². The smallest absolute Gasteiger partial charge is 0.258 e. The number of carbonyl (C=O) groups is 1. The Hall–Kier alpha value is -2.21. The van der Waals surface area contributed by atoms with E-state index in [1.807, 2.05) is 6.07 Å². The van der Waals surface area contributed by atoms with Crippen LogP contribution < -0.4 is 10.9 Å². The van der Waals surface area contributed by atoms with E-state index in [1.54, 1.807) is 32.4 Å². The Morgan fingerprint density at radius 3 is 2.95 bits per heavy atom. The van der Waals surface area contributed by atoms with E-state index < -0.39 is 0 Å². The average Bonchev–Trinajstić information content (AvgIpc) is 2.38. The number of hydrogen-bond donors (Lipinski definition) is 1. The fourth-order valence-electron chi connectivity index (χ4n) is 1.65. The molecule has 0 radical (unpaired) electrons. The van der Waals surface area contributed by atoms with Crippen molar-refractivity contribution in [3.8, 4) is 0 Å². The van der Waals surface area contributed by atoms with Crippen LogP contribution in [0.2, 0.25) is 0 Å². The van der Waals surface area contributed by atoms with Crippen LogP contribution in [0, 0.1) is 0 Å². The Morgan fingerprint density at radius 1 is 1.42 bits per heavy atom. The number of fused-ring (bicyclic) bond motifs is 1. The predicted octanol–water partition coefficient (Wildman–Crippen LogP) is -0.128. The van der Waals surface area contributed by atoms with Crippen molar-refractivity contribution in [1.82, 2.24) is 19.6 Å². The quantitative estimate of drug-likeness (QED) is 0.831. The summed E-state index contributed by atoms with van der Waals surface area (Å²) in [6, 6.07) is 6.86. The molecule has 0 aliphatic carbocycles. The SMILES string of the molecule is CN(C)C(=O)CNCc1cc(=O)n2ccccc2n1. The van der Waals surface area contributed by atoms with Crippen molar-refractivity contribution in [3.05, 3.63) is 46.5 Å². The van der Waals surface area contributed by atoms with Crippen LogP contribution in [0.4, 0.5) is 0 Å². The van der Waals surface area contributed by atoms with Gasteiger partial charge in [-0.3, -0.25) is 14.0 Å². The Balaban J connectivity index is 2.10. The minimum atomic E-state index is -0.124. The van der Waals surface area contributed by atoms with E-state index >= 15 is 0 Å². The molecule has 6 heteroatoms. The van der Waals surface area contributed by atoms with Gasteiger partial charge in [0, 0.05) is 32.9 Å². The number of pyridine rings is 1. The van der Waals surface area contributed by atoms with Gasteiger partial charge < -0.3 is 10.2 Å². The van der Waals surface area contributed by atoms with Crippen LogP contribution in [0.5, 0.6) is 0 Å². The third-order valence-corrected chi connectivity index (χ3v) is 2.71. The topological polar surface area (TPSA) is 66.7 Å². The van der Waals surface area contributed by atoms with E-state index in [4.69, 9.17) is 0 Å². The van der Waals surface area contributed by atoms with Gasteiger partial charge in [-0.05, 0) is 12.1 Å². The monoisotopic (exact) mass is 260 g/mol. The summed E-state index contributed by atoms with van der Waals surface area (Å²) < 4.78 is 1.48. The van der Waals surface area contributed by atoms with E-state index in [9.17, 15) is 9.59 Å². The normalized spacial score (nSPS) is 10.6. The van der Waals surface area contributed by atoms with Crippen LogP contribution in [0.3, 0.4) is 0 Å². The largest absolute Gasteiger partial charge is 0.348 e. The van der Waals surface area contributed by atoms with Crippen LogP contribution in [-0.4, -0.2) is 40.8 Å². The molecular formula is C13H16N4O2. The van der Waals surface area contributed by atoms with Crippen LogP contribution >= 0.6 is 0 Å². The van der Waals surface area contributed by atoms with E-state index in [0.717, 1.165) is 0 Å². The highest BCUT2D eigenvalue weighted by molar-refractivity contribution is 5.77. The van der Waals surface area contributed by atoms with E-state index in [-0.39, 0.29) is 18.0 Å². The van der Waals surface area contributed by atoms with Crippen molar-refractivity contribution in [2.45, 2.75) is 6.54 Å². The standard InChI is InChI=1S/C13H16N4O2/c1-16(2)13(19)9-14-8-10-7-12(18)17-6-4-3-5-11(17)15-10/h3-7,14H,8-9H2,1-2H3. The molecule has 1 N–H and O–H groups in total. The Labute approximate surface area is 110 Å². The van der Waals surface area contributed by atoms with Crippen molar-refractivity contribution < 1.29 is 4.79 Å². The average molecular weight is 260 g/mol. The Morgan fingerprint density at radius 2 is 2.21 bits per heavy atom. The molecule has 0 bridgehead atoms. The molecule has 6 nitrogen and oxygen atoms in total. The molecule has 0 saturated carbocycles. The number of nitrogens with zero attached hydrogens (tertiary/aromatic N) is 3. The lowest BCUT2D eigenvalue weighted by Crippen LogP contribution is -2.33. The summed E-state index contributed by atoms with van der Waals surface area (Å²) in [5.41, 5.74) is 1.11. The van der Waals surface area contributed by atoms with Crippen LogP contribution in [-0.2, 0) is 11.3 Å². The second kappa shape index (κ2) is 5.62. The van der Waals surface area contributed by atoms with Crippen molar-refractivity contribution in [2.75, 3.05) is 20.6 Å². The molecule has 0 spiro atoms. The van der Waals surface area contributed by atoms with E-state index in [0.29, 0.717) is 17.9 Å². The number of carbonyl (C=O) groups excluding carboxylic acids is 1. The number of nitrogens with one attached hydrogen (secondary N) is 1. The molecule has 0 fully saturated rings. The van der Waals surface area contributed by atoms with Crippen molar-refractivity contribution in [2.24, 2.45) is 0 Å². The zero-order valence-electron chi connectivity index (χ0n) is 11.0. The Kier molecular flexibility index (Phi) is 3.91. The number of hydrogen-bond acceptors (Lipinski definition) is 4. The maximum Gasteiger partial charge on any atom is 0.258 e. The molecule has 0 aromatic carbocycles. The van der Waals surface area contributed by atoms with Gasteiger partial charge in [-0.1, -0.05) is 6.07 Å². The molecule has 1 amide bonds. The molecule has 0 atom stereocenters. The summed E-state index contributed by atoms with van der Waals surface area (Å²) in [6.45, 7) is 0.614. The highest BCUT2D eigenvalue weighted by Gasteiger charge is 2.05. The first-order valence-electron chi connectivity index (χ1n) is 5.96. The van der Waals surface area contributed by atoms with E-state index in [1.165, 1.54) is 15.4 Å². The predicted molar refractivity (Wildman–Crippen MR) is 71.9 cm³/mol. The van der Waals surface area contributed by atoms with Gasteiger partial charge in [-0.15, -0.1) is 0 Å². The third kappa shape index (κ3) is 3.17. The molecule has 2 aromatic rings. The van der Waals surface area contributed by atoms with E-state index in [2.05, 4.69) is 10.3 Å². The molecule has 2 rings (SSSR count). The van der Waals surface area contributed by atoms with Gasteiger partial charge in [0.1, 0.15) is 5.65 Å². The fourth-order valence-corrected chi connectivity index (χ4v) is 1.65. The molecule has 0 aliphatic rings. The van der Waals surface area contributed by atoms with Crippen LogP contribution in [0.25, 0.3) is 5.65 Å². The number of amides is 1. The van der Waals surface area contributed by atoms with Gasteiger partial charge in [0.2, 0.25) is 5.91 Å². The maximum absolute atomic E-state index is 11.8. The number of aromatic nitrogens is 2. The second-order valence-corrected chi connectivity index (χ2v) is 4.41. The van der Waals surface area contributed by atoms with Crippen LogP contribution in [0.15, 0.2) is 35.3 Å². The summed E-state index contributed by atoms with van der Waals surface area (Å²) in [4.78, 5) is 29.1. The zero-order chi connectivity index (χ0) is 13.8. The molecular weight excluding hydrogens is 244 g/mol. The fraction of sp³-hybridized carbons (Fsp3) is 0.308. The Bertz CT molecular complexity index is 648. The molecule has 19 heavy (non-hydrogen) atoms. The lowest BCUT2D eigenvalue weighted by molar-refractivity contribution is -0.127. The van der Waals surface area contributed by atoms with Gasteiger partial charge in [0.05, 0.1) is 12.2 Å². The highest BCUT2D eigenvalue weighted by Crippen LogP contribution is 1.98. The van der Waals surface area contributed by atoms with Crippen molar-refractivity contribution >= 4 is 11.6 Å².